The van der Waals surface area contributed by atoms with Gasteiger partial charge in [0.05, 0.1) is 19.3 Å². The lowest BCUT2D eigenvalue weighted by Crippen LogP contribution is -2.43. The summed E-state index contributed by atoms with van der Waals surface area (Å²) in [6.07, 6.45) is 2.14. The summed E-state index contributed by atoms with van der Waals surface area (Å²) in [5, 5.41) is 51.2. The summed E-state index contributed by atoms with van der Waals surface area (Å²) >= 11 is 0. The molecule has 0 spiro atoms. The Bertz CT molecular complexity index is 673. The van der Waals surface area contributed by atoms with E-state index in [-0.39, 0.29) is 6.42 Å². The molecule has 2 unspecified atom stereocenters. The number of aliphatic hydroxyl groups excluding tert-OH is 1. The molecule has 0 saturated heterocycles. The number of rotatable bonds is 16. The van der Waals surface area contributed by atoms with Crippen molar-refractivity contribution in [2.75, 3.05) is 0 Å². The van der Waals surface area contributed by atoms with Gasteiger partial charge in [-0.25, -0.2) is 9.59 Å². The standard InChI is InChI=1S/C16H26O8.C4H6O5/c1-2-3-4-5-6-7-8-9-13(19)24-14(20)11-16(23,15(21)22)10-12(17)18;5-2(4(8)9)1-3(6)7/h23H,2-11H2,1H3,(H,17,18)(H,21,22);2,5H,1H2,(H,6,7)(H,8,9). The minimum atomic E-state index is -2.79. The fraction of sp³-hybridized carbons (Fsp3) is 0.700. The first-order valence-corrected chi connectivity index (χ1v) is 10.3. The van der Waals surface area contributed by atoms with Crippen molar-refractivity contribution in [3.63, 3.8) is 0 Å². The third-order valence-electron chi connectivity index (χ3n) is 4.14. The molecule has 2 atom stereocenters. The molecule has 0 saturated carbocycles. The van der Waals surface area contributed by atoms with Crippen LogP contribution in [-0.2, 0) is 33.5 Å². The minimum Gasteiger partial charge on any atom is -0.481 e. The van der Waals surface area contributed by atoms with Crippen molar-refractivity contribution >= 4 is 35.8 Å². The van der Waals surface area contributed by atoms with Gasteiger partial charge >= 0.3 is 35.8 Å². The van der Waals surface area contributed by atoms with Crippen molar-refractivity contribution in [3.8, 4) is 0 Å². The van der Waals surface area contributed by atoms with E-state index in [0.717, 1.165) is 32.1 Å². The van der Waals surface area contributed by atoms with Gasteiger partial charge in [0.1, 0.15) is 0 Å². The third-order valence-corrected chi connectivity index (χ3v) is 4.14. The molecular formula is C20H32O13. The van der Waals surface area contributed by atoms with Gasteiger partial charge in [0, 0.05) is 6.42 Å². The van der Waals surface area contributed by atoms with Crippen molar-refractivity contribution in [2.24, 2.45) is 0 Å². The fourth-order valence-electron chi connectivity index (χ4n) is 2.40. The van der Waals surface area contributed by atoms with Gasteiger partial charge in [-0.15, -0.1) is 0 Å². The highest BCUT2D eigenvalue weighted by molar-refractivity contribution is 5.92. The van der Waals surface area contributed by atoms with Gasteiger partial charge in [0.2, 0.25) is 0 Å². The third kappa shape index (κ3) is 18.2. The smallest absolute Gasteiger partial charge is 0.336 e. The largest absolute Gasteiger partial charge is 0.481 e. The normalized spacial score (nSPS) is 12.9. The topological polar surface area (TPSA) is 233 Å². The number of hydrogen-bond donors (Lipinski definition) is 6. The SMILES string of the molecule is CCCCCCCCCC(=O)OC(=O)CC(O)(CC(=O)O)C(=O)O.O=C(O)CC(O)C(=O)O. The summed E-state index contributed by atoms with van der Waals surface area (Å²) in [5.41, 5.74) is -2.79. The maximum atomic E-state index is 11.5. The zero-order valence-electron chi connectivity index (χ0n) is 18.4. The number of aliphatic carboxylic acids is 4. The molecular weight excluding hydrogens is 448 g/mol. The van der Waals surface area contributed by atoms with E-state index >= 15 is 0 Å². The first kappa shape index (κ1) is 32.1. The Kier molecular flexibility index (Phi) is 17.0. The zero-order valence-corrected chi connectivity index (χ0v) is 18.4. The number of carboxylic acid groups (broad SMARTS) is 4. The summed E-state index contributed by atoms with van der Waals surface area (Å²) in [6.45, 7) is 2.12. The Morgan fingerprint density at radius 1 is 0.758 bits per heavy atom. The van der Waals surface area contributed by atoms with E-state index in [1.165, 1.54) is 6.42 Å². The second-order valence-electron chi connectivity index (χ2n) is 7.25. The second kappa shape index (κ2) is 17.5. The van der Waals surface area contributed by atoms with Crippen LogP contribution in [0.4, 0.5) is 0 Å². The van der Waals surface area contributed by atoms with Gasteiger partial charge in [0.25, 0.3) is 0 Å². The molecule has 6 N–H and O–H groups in total. The Balaban J connectivity index is 0. The predicted molar refractivity (Wildman–Crippen MR) is 109 cm³/mol. The van der Waals surface area contributed by atoms with Gasteiger partial charge in [-0.3, -0.25) is 19.2 Å². The molecule has 0 aromatic carbocycles. The Morgan fingerprint density at radius 3 is 1.67 bits per heavy atom. The molecule has 13 nitrogen and oxygen atoms in total. The molecule has 0 fully saturated rings. The van der Waals surface area contributed by atoms with Crippen LogP contribution in [0.1, 0.15) is 77.6 Å². The van der Waals surface area contributed by atoms with Crippen molar-refractivity contribution in [1.29, 1.82) is 0 Å². The number of aliphatic hydroxyl groups is 2. The van der Waals surface area contributed by atoms with Crippen LogP contribution in [0.15, 0.2) is 0 Å². The van der Waals surface area contributed by atoms with Crippen LogP contribution in [0.25, 0.3) is 0 Å². The summed E-state index contributed by atoms with van der Waals surface area (Å²) in [7, 11) is 0. The number of hydrogen-bond acceptors (Lipinski definition) is 9. The number of esters is 2. The first-order valence-electron chi connectivity index (χ1n) is 10.3. The van der Waals surface area contributed by atoms with Gasteiger partial charge < -0.3 is 35.4 Å². The zero-order chi connectivity index (χ0) is 26.0. The average molecular weight is 480 g/mol. The highest BCUT2D eigenvalue weighted by Crippen LogP contribution is 2.17. The average Bonchev–Trinajstić information content (AvgIpc) is 2.66. The highest BCUT2D eigenvalue weighted by Gasteiger charge is 2.41. The number of unbranched alkanes of at least 4 members (excludes halogenated alkanes) is 6. The fourth-order valence-corrected chi connectivity index (χ4v) is 2.40. The van der Waals surface area contributed by atoms with Crippen LogP contribution in [0.2, 0.25) is 0 Å². The Morgan fingerprint density at radius 2 is 1.27 bits per heavy atom. The van der Waals surface area contributed by atoms with E-state index in [0.29, 0.717) is 6.42 Å². The number of carbonyl (C=O) groups is 6. The van der Waals surface area contributed by atoms with Crippen molar-refractivity contribution in [2.45, 2.75) is 89.3 Å². The van der Waals surface area contributed by atoms with Crippen LogP contribution in [-0.4, -0.2) is 78.2 Å². The number of carbonyl (C=O) groups excluding carboxylic acids is 2. The molecule has 0 amide bonds. The lowest BCUT2D eigenvalue weighted by Gasteiger charge is -2.19. The molecule has 0 aliphatic heterocycles. The van der Waals surface area contributed by atoms with E-state index in [2.05, 4.69) is 11.7 Å². The van der Waals surface area contributed by atoms with Crippen molar-refractivity contribution < 1.29 is 64.1 Å². The van der Waals surface area contributed by atoms with E-state index in [1.807, 2.05) is 0 Å². The van der Waals surface area contributed by atoms with Gasteiger partial charge in [-0.05, 0) is 6.42 Å². The molecule has 0 aliphatic carbocycles. The summed E-state index contributed by atoms with van der Waals surface area (Å²) in [5.74, 6) is -8.35. The quantitative estimate of drug-likeness (QED) is 0.102. The summed E-state index contributed by atoms with van der Waals surface area (Å²) in [6, 6.07) is 0. The predicted octanol–water partition coefficient (Wildman–Crippen LogP) is 0.784. The van der Waals surface area contributed by atoms with Crippen LogP contribution in [0.5, 0.6) is 0 Å². The summed E-state index contributed by atoms with van der Waals surface area (Å²) in [4.78, 5) is 63.8. The maximum absolute atomic E-state index is 11.5. The molecule has 0 bridgehead atoms. The van der Waals surface area contributed by atoms with Crippen molar-refractivity contribution in [1.82, 2.24) is 0 Å². The lowest BCUT2D eigenvalue weighted by molar-refractivity contribution is -0.174. The minimum absolute atomic E-state index is 0.0178. The molecule has 13 heteroatoms. The van der Waals surface area contributed by atoms with E-state index < -0.39 is 66.8 Å². The van der Waals surface area contributed by atoms with Crippen LogP contribution in [0.3, 0.4) is 0 Å². The van der Waals surface area contributed by atoms with Gasteiger partial charge in [-0.1, -0.05) is 45.4 Å². The van der Waals surface area contributed by atoms with Crippen LogP contribution >= 0.6 is 0 Å². The van der Waals surface area contributed by atoms with E-state index in [9.17, 15) is 33.9 Å². The highest BCUT2D eigenvalue weighted by atomic mass is 16.6. The maximum Gasteiger partial charge on any atom is 0.336 e. The van der Waals surface area contributed by atoms with E-state index in [4.69, 9.17) is 25.5 Å². The van der Waals surface area contributed by atoms with Crippen LogP contribution in [0, 0.1) is 0 Å². The van der Waals surface area contributed by atoms with Gasteiger partial charge in [0.15, 0.2) is 11.7 Å². The lowest BCUT2D eigenvalue weighted by atomic mass is 9.96. The molecule has 0 radical (unpaired) electrons. The number of carboxylic acids is 4. The molecule has 190 valence electrons. The molecule has 0 aliphatic rings. The second-order valence-corrected chi connectivity index (χ2v) is 7.25. The first-order chi connectivity index (χ1) is 15.2. The summed E-state index contributed by atoms with van der Waals surface area (Å²) < 4.78 is 4.43. The number of ether oxygens (including phenoxy) is 1. The van der Waals surface area contributed by atoms with E-state index in [1.54, 1.807) is 0 Å². The Labute approximate surface area is 190 Å². The molecule has 0 heterocycles. The Hall–Kier alpha value is -3.06. The van der Waals surface area contributed by atoms with Crippen LogP contribution < -0.4 is 0 Å². The molecule has 0 rings (SSSR count). The monoisotopic (exact) mass is 480 g/mol. The molecule has 33 heavy (non-hydrogen) atoms. The molecule has 0 aromatic rings. The van der Waals surface area contributed by atoms with Gasteiger partial charge in [-0.2, -0.15) is 0 Å². The van der Waals surface area contributed by atoms with Crippen molar-refractivity contribution in [3.05, 3.63) is 0 Å². The molecule has 0 aromatic heterocycles.